The van der Waals surface area contributed by atoms with E-state index in [2.05, 4.69) is 198 Å². The first kappa shape index (κ1) is 29.7. The van der Waals surface area contributed by atoms with Crippen molar-refractivity contribution in [2.24, 2.45) is 0 Å². The third kappa shape index (κ3) is 4.57. The minimum atomic E-state index is -0.172. The van der Waals surface area contributed by atoms with Crippen molar-refractivity contribution in [3.63, 3.8) is 0 Å². The van der Waals surface area contributed by atoms with Gasteiger partial charge in [0.2, 0.25) is 0 Å². The summed E-state index contributed by atoms with van der Waals surface area (Å²) in [7, 11) is 0. The molecule has 4 heterocycles. The van der Waals surface area contributed by atoms with Crippen LogP contribution in [0.3, 0.4) is 0 Å². The van der Waals surface area contributed by atoms with E-state index >= 15 is 0 Å². The highest BCUT2D eigenvalue weighted by Crippen LogP contribution is 2.45. The number of hydrogen-bond acceptors (Lipinski definition) is 4. The fourth-order valence-corrected chi connectivity index (χ4v) is 8.58. The maximum atomic E-state index is 5.42. The Kier molecular flexibility index (Phi) is 6.61. The standard InChI is InChI=1S/C48H31BN4/c1-3-18-36(19-4-1)52-42-26-13-27-43-46(42)49(47-44(52)28-34(30-50-47)40-24-11-16-32-14-7-9-22-38(32)40)48-45(53(43)37-20-5-2-6-21-37)29-35(31-51-48)41-25-12-17-33-15-8-10-23-39(33)41/h1-31H. The van der Waals surface area contributed by atoms with Gasteiger partial charge in [-0.2, -0.15) is 0 Å². The van der Waals surface area contributed by atoms with Gasteiger partial charge in [-0.1, -0.05) is 127 Å². The maximum absolute atomic E-state index is 5.42. The third-order valence-electron chi connectivity index (χ3n) is 10.9. The van der Waals surface area contributed by atoms with Crippen molar-refractivity contribution in [3.8, 4) is 22.3 Å². The third-order valence-corrected chi connectivity index (χ3v) is 10.9. The van der Waals surface area contributed by atoms with Crippen LogP contribution in [0.5, 0.6) is 0 Å². The molecule has 0 bridgehead atoms. The van der Waals surface area contributed by atoms with Crippen molar-refractivity contribution in [1.82, 2.24) is 9.97 Å². The Labute approximate surface area is 308 Å². The average molecular weight is 675 g/mol. The van der Waals surface area contributed by atoms with Crippen molar-refractivity contribution >= 4 is 79.0 Å². The molecule has 0 N–H and O–H groups in total. The molecule has 4 nitrogen and oxygen atoms in total. The molecule has 2 aromatic heterocycles. The van der Waals surface area contributed by atoms with Crippen LogP contribution < -0.4 is 26.4 Å². The fourth-order valence-electron chi connectivity index (χ4n) is 8.58. The lowest BCUT2D eigenvalue weighted by Gasteiger charge is -2.43. The average Bonchev–Trinajstić information content (AvgIpc) is 3.23. The molecule has 53 heavy (non-hydrogen) atoms. The summed E-state index contributed by atoms with van der Waals surface area (Å²) >= 11 is 0. The second kappa shape index (κ2) is 11.8. The summed E-state index contributed by atoms with van der Waals surface area (Å²) in [5, 5.41) is 4.85. The van der Waals surface area contributed by atoms with Crippen LogP contribution in [-0.2, 0) is 0 Å². The molecule has 0 radical (unpaired) electrons. The van der Waals surface area contributed by atoms with Gasteiger partial charge < -0.3 is 9.80 Å². The topological polar surface area (TPSA) is 32.3 Å². The van der Waals surface area contributed by atoms with Crippen LogP contribution in [0.2, 0.25) is 0 Å². The minimum Gasteiger partial charge on any atom is -0.310 e. The zero-order chi connectivity index (χ0) is 34.9. The molecular weight excluding hydrogens is 643 g/mol. The molecule has 0 amide bonds. The normalized spacial score (nSPS) is 12.8. The Hall–Kier alpha value is -6.98. The molecule has 7 aromatic carbocycles. The molecule has 0 saturated carbocycles. The quantitative estimate of drug-likeness (QED) is 0.174. The van der Waals surface area contributed by atoms with Crippen LogP contribution in [0, 0.1) is 0 Å². The van der Waals surface area contributed by atoms with Crippen molar-refractivity contribution in [2.45, 2.75) is 0 Å². The number of pyridine rings is 2. The summed E-state index contributed by atoms with van der Waals surface area (Å²) in [6, 6.07) is 62.9. The highest BCUT2D eigenvalue weighted by Gasteiger charge is 2.45. The van der Waals surface area contributed by atoms with Crippen LogP contribution >= 0.6 is 0 Å². The molecule has 0 aliphatic carbocycles. The Bertz CT molecular complexity index is 2670. The van der Waals surface area contributed by atoms with Crippen LogP contribution in [0.15, 0.2) is 188 Å². The summed E-state index contributed by atoms with van der Waals surface area (Å²) in [5.41, 5.74) is 14.3. The molecule has 0 saturated heterocycles. The van der Waals surface area contributed by atoms with Crippen molar-refractivity contribution in [3.05, 3.63) is 188 Å². The Morgan fingerprint density at radius 3 is 1.28 bits per heavy atom. The van der Waals surface area contributed by atoms with E-state index in [1.54, 1.807) is 0 Å². The van der Waals surface area contributed by atoms with Gasteiger partial charge in [0.15, 0.2) is 0 Å². The van der Waals surface area contributed by atoms with E-state index in [4.69, 9.17) is 9.97 Å². The van der Waals surface area contributed by atoms with Gasteiger partial charge in [-0.05, 0) is 86.7 Å². The Balaban J connectivity index is 1.19. The second-order valence-corrected chi connectivity index (χ2v) is 13.8. The summed E-state index contributed by atoms with van der Waals surface area (Å²) in [5.74, 6) is 0. The number of fused-ring (bicyclic) bond motifs is 6. The first-order valence-corrected chi connectivity index (χ1v) is 18.1. The van der Waals surface area contributed by atoms with Gasteiger partial charge in [-0.3, -0.25) is 9.97 Å². The number of anilines is 6. The summed E-state index contributed by atoms with van der Waals surface area (Å²) in [4.78, 5) is 15.6. The van der Waals surface area contributed by atoms with Crippen molar-refractivity contribution in [1.29, 1.82) is 0 Å². The zero-order valence-corrected chi connectivity index (χ0v) is 28.8. The predicted octanol–water partition coefficient (Wildman–Crippen LogP) is 10.2. The van der Waals surface area contributed by atoms with E-state index in [-0.39, 0.29) is 6.71 Å². The van der Waals surface area contributed by atoms with Crippen LogP contribution in [0.4, 0.5) is 34.1 Å². The molecular formula is C48H31BN4. The lowest BCUT2D eigenvalue weighted by molar-refractivity contribution is 1.21. The molecule has 0 spiro atoms. The number of aromatic nitrogens is 2. The van der Waals surface area contributed by atoms with Gasteiger partial charge in [-0.25, -0.2) is 0 Å². The van der Waals surface area contributed by atoms with Crippen molar-refractivity contribution in [2.75, 3.05) is 9.80 Å². The molecule has 246 valence electrons. The lowest BCUT2D eigenvalue weighted by Crippen LogP contribution is -2.63. The number of rotatable bonds is 4. The largest absolute Gasteiger partial charge is 0.310 e. The zero-order valence-electron chi connectivity index (χ0n) is 28.8. The molecule has 2 aliphatic heterocycles. The molecule has 0 unspecified atom stereocenters. The van der Waals surface area contributed by atoms with Crippen LogP contribution in [0.25, 0.3) is 43.8 Å². The maximum Gasteiger partial charge on any atom is 0.298 e. The summed E-state index contributed by atoms with van der Waals surface area (Å²) < 4.78 is 0. The highest BCUT2D eigenvalue weighted by atomic mass is 15.2. The second-order valence-electron chi connectivity index (χ2n) is 13.8. The number of para-hydroxylation sites is 2. The molecule has 2 aliphatic rings. The number of hydrogen-bond donors (Lipinski definition) is 0. The van der Waals surface area contributed by atoms with Gasteiger partial charge in [0.1, 0.15) is 0 Å². The highest BCUT2D eigenvalue weighted by molar-refractivity contribution is 6.99. The van der Waals surface area contributed by atoms with Crippen molar-refractivity contribution < 1.29 is 0 Å². The monoisotopic (exact) mass is 674 g/mol. The van der Waals surface area contributed by atoms with Crippen LogP contribution in [-0.4, -0.2) is 16.7 Å². The first-order valence-electron chi connectivity index (χ1n) is 18.1. The van der Waals surface area contributed by atoms with E-state index < -0.39 is 0 Å². The molecule has 5 heteroatoms. The van der Waals surface area contributed by atoms with E-state index in [0.29, 0.717) is 0 Å². The van der Waals surface area contributed by atoms with E-state index in [1.165, 1.54) is 38.1 Å². The van der Waals surface area contributed by atoms with Gasteiger partial charge in [0.25, 0.3) is 6.71 Å². The van der Waals surface area contributed by atoms with Crippen LogP contribution in [0.1, 0.15) is 0 Å². The lowest BCUT2D eigenvalue weighted by atomic mass is 9.36. The van der Waals surface area contributed by atoms with Gasteiger partial charge in [-0.15, -0.1) is 0 Å². The predicted molar refractivity (Wildman–Crippen MR) is 222 cm³/mol. The van der Waals surface area contributed by atoms with E-state index in [0.717, 1.165) is 56.4 Å². The smallest absolute Gasteiger partial charge is 0.298 e. The molecule has 9 aromatic rings. The number of nitrogens with zero attached hydrogens (tertiary/aromatic N) is 4. The van der Waals surface area contributed by atoms with E-state index in [1.807, 2.05) is 0 Å². The van der Waals surface area contributed by atoms with E-state index in [9.17, 15) is 0 Å². The van der Waals surface area contributed by atoms with Gasteiger partial charge in [0, 0.05) is 57.5 Å². The fraction of sp³-hybridized carbons (Fsp3) is 0. The molecule has 0 atom stereocenters. The van der Waals surface area contributed by atoms with Gasteiger partial charge >= 0.3 is 0 Å². The Morgan fingerprint density at radius 2 is 0.792 bits per heavy atom. The first-order chi connectivity index (χ1) is 26.3. The SMILES string of the molecule is c1ccc(N2c3cc(-c4cccc5ccccc45)cnc3B3c4ncc(-c5cccc6ccccc56)cc4N(c4ccccc4)c4cccc2c43)cc1. The summed E-state index contributed by atoms with van der Waals surface area (Å²) in [6.07, 6.45) is 4.12. The minimum absolute atomic E-state index is 0.172. The number of benzene rings is 7. The molecule has 11 rings (SSSR count). The summed E-state index contributed by atoms with van der Waals surface area (Å²) in [6.45, 7) is -0.172. The Morgan fingerprint density at radius 1 is 0.377 bits per heavy atom. The van der Waals surface area contributed by atoms with Gasteiger partial charge in [0.05, 0.1) is 11.4 Å². The molecule has 0 fully saturated rings.